The summed E-state index contributed by atoms with van der Waals surface area (Å²) < 4.78 is 33.2. The number of aryl methyl sites for hydroxylation is 1. The van der Waals surface area contributed by atoms with Crippen LogP contribution in [0.1, 0.15) is 5.56 Å². The van der Waals surface area contributed by atoms with Crippen molar-refractivity contribution in [3.63, 3.8) is 0 Å². The number of hydrogen-bond donors (Lipinski definition) is 0. The second-order valence-electron chi connectivity index (χ2n) is 2.20. The van der Waals surface area contributed by atoms with E-state index >= 15 is 0 Å². The third-order valence-corrected chi connectivity index (χ3v) is 1.83. The van der Waals surface area contributed by atoms with Crippen molar-refractivity contribution in [3.05, 3.63) is 29.6 Å². The first-order valence-corrected chi connectivity index (χ1v) is 4.03. The van der Waals surface area contributed by atoms with Crippen molar-refractivity contribution in [1.82, 2.24) is 0 Å². The Balaban J connectivity index is 0.00000121. The van der Waals surface area contributed by atoms with Crippen LogP contribution in [0.3, 0.4) is 0 Å². The second kappa shape index (κ2) is 5.09. The van der Waals surface area contributed by atoms with Crippen molar-refractivity contribution in [2.24, 2.45) is 0 Å². The zero-order chi connectivity index (χ0) is 8.43. The number of hydrogen-bond acceptors (Lipinski definition) is 2. The summed E-state index contributed by atoms with van der Waals surface area (Å²) in [5.41, 5.74) is 0.601. The molecule has 0 heterocycles. The molecular formula is C7H6FNaO2S. The van der Waals surface area contributed by atoms with Crippen LogP contribution in [0.5, 0.6) is 0 Å². The molecule has 12 heavy (non-hydrogen) atoms. The molecule has 0 aromatic heterocycles. The van der Waals surface area contributed by atoms with E-state index in [0.717, 1.165) is 6.07 Å². The zero-order valence-electron chi connectivity index (χ0n) is 6.83. The minimum atomic E-state index is -2.34. The molecule has 0 amide bonds. The third-order valence-electron chi connectivity index (χ3n) is 1.21. The van der Waals surface area contributed by atoms with Crippen molar-refractivity contribution < 1.29 is 42.7 Å². The Labute approximate surface area is 94.8 Å². The molecule has 1 aromatic carbocycles. The quantitative estimate of drug-likeness (QED) is 0.400. The Hall–Kier alpha value is 0.260. The maximum Gasteiger partial charge on any atom is 1.00 e. The van der Waals surface area contributed by atoms with E-state index < -0.39 is 16.9 Å². The van der Waals surface area contributed by atoms with Crippen LogP contribution in [-0.4, -0.2) is 8.76 Å². The predicted octanol–water partition coefficient (Wildman–Crippen LogP) is -1.62. The van der Waals surface area contributed by atoms with Gasteiger partial charge in [-0.25, -0.2) is 4.39 Å². The fraction of sp³-hybridized carbons (Fsp3) is 0.143. The zero-order valence-corrected chi connectivity index (χ0v) is 9.65. The van der Waals surface area contributed by atoms with Crippen LogP contribution in [0.15, 0.2) is 23.1 Å². The third kappa shape index (κ3) is 3.33. The Kier molecular flexibility index (Phi) is 5.20. The minimum Gasteiger partial charge on any atom is -0.768 e. The van der Waals surface area contributed by atoms with E-state index in [4.69, 9.17) is 0 Å². The van der Waals surface area contributed by atoms with Crippen LogP contribution in [0.4, 0.5) is 4.39 Å². The molecule has 0 aliphatic carbocycles. The smallest absolute Gasteiger partial charge is 0.768 e. The summed E-state index contributed by atoms with van der Waals surface area (Å²) in [7, 11) is 0. The van der Waals surface area contributed by atoms with Crippen LogP contribution in [0, 0.1) is 12.7 Å². The van der Waals surface area contributed by atoms with Gasteiger partial charge in [0.1, 0.15) is 5.82 Å². The Morgan fingerprint density at radius 2 is 2.00 bits per heavy atom. The molecule has 0 spiro atoms. The number of benzene rings is 1. The molecule has 1 rings (SSSR count). The van der Waals surface area contributed by atoms with Gasteiger partial charge in [0.15, 0.2) is 0 Å². The summed E-state index contributed by atoms with van der Waals surface area (Å²) in [6.07, 6.45) is 0. The molecule has 1 aromatic rings. The first-order valence-electron chi connectivity index (χ1n) is 2.96. The van der Waals surface area contributed by atoms with E-state index in [1.54, 1.807) is 6.92 Å². The molecule has 5 heteroatoms. The molecule has 0 bridgehead atoms. The van der Waals surface area contributed by atoms with Gasteiger partial charge >= 0.3 is 29.6 Å². The maximum atomic E-state index is 12.5. The van der Waals surface area contributed by atoms with E-state index in [9.17, 15) is 13.2 Å². The van der Waals surface area contributed by atoms with Crippen LogP contribution in [0.2, 0.25) is 0 Å². The topological polar surface area (TPSA) is 40.1 Å². The van der Waals surface area contributed by atoms with Crippen molar-refractivity contribution in [1.29, 1.82) is 0 Å². The largest absolute Gasteiger partial charge is 1.00 e. The van der Waals surface area contributed by atoms with Crippen molar-refractivity contribution in [3.8, 4) is 0 Å². The minimum absolute atomic E-state index is 0. The first kappa shape index (κ1) is 12.3. The second-order valence-corrected chi connectivity index (χ2v) is 3.14. The number of halogens is 1. The maximum absolute atomic E-state index is 12.5. The average Bonchev–Trinajstić information content (AvgIpc) is 1.85. The van der Waals surface area contributed by atoms with Gasteiger partial charge in [0.25, 0.3) is 0 Å². The summed E-state index contributed by atoms with van der Waals surface area (Å²) in [4.78, 5) is -0.0116. The van der Waals surface area contributed by atoms with Gasteiger partial charge in [0.05, 0.1) is 0 Å². The molecule has 0 aliphatic heterocycles. The van der Waals surface area contributed by atoms with Gasteiger partial charge in [-0.15, -0.1) is 0 Å². The summed E-state index contributed by atoms with van der Waals surface area (Å²) in [6, 6.07) is 3.67. The summed E-state index contributed by atoms with van der Waals surface area (Å²) in [6.45, 7) is 1.64. The fourth-order valence-corrected chi connectivity index (χ4v) is 1.29. The Bertz CT molecular complexity index is 283. The SMILES string of the molecule is Cc1cc(F)cc(S(=O)[O-])c1.[Na+]. The van der Waals surface area contributed by atoms with Crippen LogP contribution >= 0.6 is 0 Å². The Morgan fingerprint density at radius 3 is 2.42 bits per heavy atom. The molecule has 1 unspecified atom stereocenters. The summed E-state index contributed by atoms with van der Waals surface area (Å²) in [5, 5.41) is 0. The summed E-state index contributed by atoms with van der Waals surface area (Å²) >= 11 is -2.34. The predicted molar refractivity (Wildman–Crippen MR) is 38.3 cm³/mol. The van der Waals surface area contributed by atoms with Gasteiger partial charge in [-0.1, -0.05) is 0 Å². The first-order chi connectivity index (χ1) is 5.09. The van der Waals surface area contributed by atoms with Crippen LogP contribution < -0.4 is 29.6 Å². The molecule has 0 aliphatic rings. The van der Waals surface area contributed by atoms with Gasteiger partial charge in [-0.2, -0.15) is 0 Å². The van der Waals surface area contributed by atoms with E-state index in [-0.39, 0.29) is 34.5 Å². The molecule has 2 nitrogen and oxygen atoms in total. The van der Waals surface area contributed by atoms with E-state index in [2.05, 4.69) is 0 Å². The molecule has 0 saturated heterocycles. The molecule has 0 saturated carbocycles. The van der Waals surface area contributed by atoms with Gasteiger partial charge < -0.3 is 4.55 Å². The van der Waals surface area contributed by atoms with Crippen molar-refractivity contribution >= 4 is 11.1 Å². The van der Waals surface area contributed by atoms with E-state index in [1.165, 1.54) is 12.1 Å². The van der Waals surface area contributed by atoms with Gasteiger partial charge in [0.2, 0.25) is 0 Å². The molecule has 1 atom stereocenters. The molecule has 0 fully saturated rings. The van der Waals surface area contributed by atoms with Crippen LogP contribution in [0.25, 0.3) is 0 Å². The van der Waals surface area contributed by atoms with Crippen molar-refractivity contribution in [2.45, 2.75) is 11.8 Å². The monoisotopic (exact) mass is 196 g/mol. The van der Waals surface area contributed by atoms with E-state index in [1.807, 2.05) is 0 Å². The van der Waals surface area contributed by atoms with Crippen LogP contribution in [-0.2, 0) is 11.1 Å². The molecule has 0 radical (unpaired) electrons. The fourth-order valence-electron chi connectivity index (χ4n) is 0.799. The van der Waals surface area contributed by atoms with Crippen molar-refractivity contribution in [2.75, 3.05) is 0 Å². The standard InChI is InChI=1S/C7H7FO2S.Na/c1-5-2-6(8)4-7(3-5)11(9)10;/h2-4H,1H3,(H,9,10);/q;+1/p-1. The average molecular weight is 196 g/mol. The molecule has 0 N–H and O–H groups in total. The normalized spacial score (nSPS) is 11.9. The van der Waals surface area contributed by atoms with Gasteiger partial charge in [0, 0.05) is 4.90 Å². The van der Waals surface area contributed by atoms with Gasteiger partial charge in [-0.3, -0.25) is 4.21 Å². The van der Waals surface area contributed by atoms with E-state index in [0.29, 0.717) is 5.56 Å². The molecular weight excluding hydrogens is 190 g/mol. The van der Waals surface area contributed by atoms with Gasteiger partial charge in [-0.05, 0) is 41.8 Å². The summed E-state index contributed by atoms with van der Waals surface area (Å²) in [5.74, 6) is -0.524. The molecule has 60 valence electrons. The Morgan fingerprint density at radius 1 is 1.42 bits per heavy atom. The number of rotatable bonds is 1.